The van der Waals surface area contributed by atoms with Gasteiger partial charge in [0.15, 0.2) is 8.32 Å². The van der Waals surface area contributed by atoms with E-state index >= 15 is 0 Å². The summed E-state index contributed by atoms with van der Waals surface area (Å²) in [6.45, 7) is 5.60. The SMILES string of the molecule is CC1CCC[Si](C)(C(C)CC(F)(F)F)O1. The highest BCUT2D eigenvalue weighted by Crippen LogP contribution is 2.40. The normalized spacial score (nSPS) is 35.2. The lowest BCUT2D eigenvalue weighted by molar-refractivity contribution is -0.135. The molecule has 15 heavy (non-hydrogen) atoms. The molecule has 0 aliphatic carbocycles. The Hall–Kier alpha value is -0.0331. The van der Waals surface area contributed by atoms with Gasteiger partial charge in [0.05, 0.1) is 0 Å². The first-order chi connectivity index (χ1) is 6.73. The van der Waals surface area contributed by atoms with E-state index in [1.807, 2.05) is 13.5 Å². The molecular formula is C10H19F3OSi. The van der Waals surface area contributed by atoms with Crippen LogP contribution in [0.15, 0.2) is 0 Å². The molecule has 0 aromatic heterocycles. The Morgan fingerprint density at radius 1 is 1.47 bits per heavy atom. The van der Waals surface area contributed by atoms with Gasteiger partial charge >= 0.3 is 6.18 Å². The quantitative estimate of drug-likeness (QED) is 0.660. The minimum atomic E-state index is -4.06. The van der Waals surface area contributed by atoms with Crippen molar-refractivity contribution in [1.29, 1.82) is 0 Å². The third kappa shape index (κ3) is 3.79. The van der Waals surface area contributed by atoms with Crippen molar-refractivity contribution in [2.45, 2.75) is 63.5 Å². The van der Waals surface area contributed by atoms with E-state index in [2.05, 4.69) is 0 Å². The highest BCUT2D eigenvalue weighted by molar-refractivity contribution is 6.74. The van der Waals surface area contributed by atoms with E-state index in [0.717, 1.165) is 18.9 Å². The molecule has 1 aliphatic rings. The van der Waals surface area contributed by atoms with Crippen molar-refractivity contribution in [1.82, 2.24) is 0 Å². The van der Waals surface area contributed by atoms with Crippen molar-refractivity contribution in [3.63, 3.8) is 0 Å². The van der Waals surface area contributed by atoms with Gasteiger partial charge in [-0.3, -0.25) is 0 Å². The van der Waals surface area contributed by atoms with Crippen LogP contribution in [0.4, 0.5) is 13.2 Å². The zero-order chi connectivity index (χ0) is 11.7. The van der Waals surface area contributed by atoms with Crippen LogP contribution in [0.5, 0.6) is 0 Å². The summed E-state index contributed by atoms with van der Waals surface area (Å²) in [5.41, 5.74) is -0.333. The van der Waals surface area contributed by atoms with Gasteiger partial charge in [0, 0.05) is 12.5 Å². The molecule has 0 saturated carbocycles. The summed E-state index contributed by atoms with van der Waals surface area (Å²) in [5, 5.41) is 0. The largest absolute Gasteiger partial charge is 0.414 e. The second kappa shape index (κ2) is 4.45. The molecule has 3 unspecified atom stereocenters. The van der Waals surface area contributed by atoms with Crippen molar-refractivity contribution in [3.8, 4) is 0 Å². The average Bonchev–Trinajstić information content (AvgIpc) is 2.00. The van der Waals surface area contributed by atoms with Crippen LogP contribution in [0.25, 0.3) is 0 Å². The molecule has 5 heteroatoms. The van der Waals surface area contributed by atoms with Gasteiger partial charge in [0.25, 0.3) is 0 Å². The molecule has 1 nitrogen and oxygen atoms in total. The minimum absolute atomic E-state index is 0.145. The fourth-order valence-corrected chi connectivity index (χ4v) is 5.69. The molecule has 1 rings (SSSR count). The maximum atomic E-state index is 12.3. The molecular weight excluding hydrogens is 221 g/mol. The first-order valence-corrected chi connectivity index (χ1v) is 8.17. The Morgan fingerprint density at radius 2 is 2.07 bits per heavy atom. The van der Waals surface area contributed by atoms with Crippen molar-refractivity contribution in [2.24, 2.45) is 0 Å². The zero-order valence-corrected chi connectivity index (χ0v) is 10.5. The van der Waals surface area contributed by atoms with Crippen LogP contribution in [0.1, 0.15) is 33.1 Å². The number of alkyl halides is 3. The van der Waals surface area contributed by atoms with Crippen LogP contribution < -0.4 is 0 Å². The number of halogens is 3. The van der Waals surface area contributed by atoms with Crippen molar-refractivity contribution >= 4 is 8.32 Å². The maximum Gasteiger partial charge on any atom is 0.389 e. The molecule has 1 heterocycles. The topological polar surface area (TPSA) is 9.23 Å². The predicted molar refractivity (Wildman–Crippen MR) is 56.3 cm³/mol. The van der Waals surface area contributed by atoms with Gasteiger partial charge in [-0.2, -0.15) is 13.2 Å². The molecule has 0 aromatic carbocycles. The van der Waals surface area contributed by atoms with E-state index < -0.39 is 20.9 Å². The molecule has 0 spiro atoms. The summed E-state index contributed by atoms with van der Waals surface area (Å²) in [7, 11) is -2.13. The van der Waals surface area contributed by atoms with Crippen LogP contribution >= 0.6 is 0 Å². The second-order valence-electron chi connectivity index (χ2n) is 4.85. The van der Waals surface area contributed by atoms with E-state index in [1.165, 1.54) is 0 Å². The lowest BCUT2D eigenvalue weighted by Crippen LogP contribution is -2.45. The van der Waals surface area contributed by atoms with Gasteiger partial charge in [0.2, 0.25) is 0 Å². The van der Waals surface area contributed by atoms with Gasteiger partial charge in [-0.05, 0) is 31.5 Å². The van der Waals surface area contributed by atoms with E-state index in [9.17, 15) is 13.2 Å². The molecule has 0 amide bonds. The van der Waals surface area contributed by atoms with E-state index in [1.54, 1.807) is 6.92 Å². The third-order valence-corrected chi connectivity index (χ3v) is 7.91. The summed E-state index contributed by atoms with van der Waals surface area (Å²) < 4.78 is 42.7. The Balaban J connectivity index is 2.60. The molecule has 1 fully saturated rings. The highest BCUT2D eigenvalue weighted by Gasteiger charge is 2.44. The number of hydrogen-bond acceptors (Lipinski definition) is 1. The molecule has 1 saturated heterocycles. The van der Waals surface area contributed by atoms with Gasteiger partial charge in [-0.1, -0.05) is 13.3 Å². The second-order valence-corrected chi connectivity index (χ2v) is 9.20. The van der Waals surface area contributed by atoms with Crippen LogP contribution in [0.2, 0.25) is 18.1 Å². The lowest BCUT2D eigenvalue weighted by atomic mass is 10.2. The first-order valence-electron chi connectivity index (χ1n) is 5.47. The zero-order valence-electron chi connectivity index (χ0n) is 9.53. The van der Waals surface area contributed by atoms with E-state index in [-0.39, 0.29) is 11.6 Å². The minimum Gasteiger partial charge on any atom is -0.414 e. The molecule has 3 atom stereocenters. The van der Waals surface area contributed by atoms with Crippen LogP contribution in [0, 0.1) is 0 Å². The molecule has 90 valence electrons. The van der Waals surface area contributed by atoms with E-state index in [0.29, 0.717) is 0 Å². The smallest absolute Gasteiger partial charge is 0.389 e. The Morgan fingerprint density at radius 3 is 2.53 bits per heavy atom. The molecule has 0 aromatic rings. The molecule has 0 radical (unpaired) electrons. The summed E-state index contributed by atoms with van der Waals surface area (Å²) in [6.07, 6.45) is -2.60. The maximum absolute atomic E-state index is 12.3. The van der Waals surface area contributed by atoms with Crippen LogP contribution in [-0.2, 0) is 4.43 Å². The number of hydrogen-bond donors (Lipinski definition) is 0. The Labute approximate surface area is 90.1 Å². The highest BCUT2D eigenvalue weighted by atomic mass is 28.4. The Bertz CT molecular complexity index is 219. The monoisotopic (exact) mass is 240 g/mol. The molecule has 0 N–H and O–H groups in total. The average molecular weight is 240 g/mol. The van der Waals surface area contributed by atoms with Gasteiger partial charge in [-0.15, -0.1) is 0 Å². The van der Waals surface area contributed by atoms with Gasteiger partial charge in [0.1, 0.15) is 0 Å². The summed E-state index contributed by atoms with van der Waals surface area (Å²) in [4.78, 5) is 0. The Kier molecular flexibility index (Phi) is 3.87. The third-order valence-electron chi connectivity index (χ3n) is 3.33. The van der Waals surface area contributed by atoms with Crippen molar-refractivity contribution < 1.29 is 17.6 Å². The standard InChI is InChI=1S/C10H19F3OSi/c1-8-5-4-6-15(3,14-8)9(2)7-10(11,12)13/h8-9H,4-7H2,1-3H3. The molecule has 0 bridgehead atoms. The summed E-state index contributed by atoms with van der Waals surface area (Å²) >= 11 is 0. The van der Waals surface area contributed by atoms with E-state index in [4.69, 9.17) is 4.43 Å². The fourth-order valence-electron chi connectivity index (χ4n) is 2.24. The van der Waals surface area contributed by atoms with Crippen molar-refractivity contribution in [2.75, 3.05) is 0 Å². The molecule has 1 aliphatic heterocycles. The lowest BCUT2D eigenvalue weighted by Gasteiger charge is -2.40. The fraction of sp³-hybridized carbons (Fsp3) is 1.00. The predicted octanol–water partition coefficient (Wildman–Crippen LogP) is 4.10. The van der Waals surface area contributed by atoms with Gasteiger partial charge in [-0.25, -0.2) is 0 Å². The summed E-state index contributed by atoms with van der Waals surface area (Å²) in [6, 6.07) is 0.870. The van der Waals surface area contributed by atoms with Crippen LogP contribution in [-0.4, -0.2) is 20.6 Å². The summed E-state index contributed by atoms with van der Waals surface area (Å²) in [5.74, 6) is 0. The number of rotatable bonds is 2. The van der Waals surface area contributed by atoms with Crippen LogP contribution in [0.3, 0.4) is 0 Å². The van der Waals surface area contributed by atoms with Gasteiger partial charge < -0.3 is 4.43 Å². The van der Waals surface area contributed by atoms with Crippen molar-refractivity contribution in [3.05, 3.63) is 0 Å². The first kappa shape index (κ1) is 13.0.